The monoisotopic (exact) mass is 804 g/mol. The zero-order valence-corrected chi connectivity index (χ0v) is 32.4. The Morgan fingerprint density at radius 2 is 1.69 bits per heavy atom. The minimum absolute atomic E-state index is 0.0373. The third-order valence-electron chi connectivity index (χ3n) is 11.9. The maximum atomic E-state index is 13.7. The minimum Gasteiger partial charge on any atom is -0.508 e. The van der Waals surface area contributed by atoms with Gasteiger partial charge in [0.25, 0.3) is 5.91 Å². The highest BCUT2D eigenvalue weighted by Gasteiger charge is 2.43. The molecule has 13 nitrogen and oxygen atoms in total. The summed E-state index contributed by atoms with van der Waals surface area (Å²) < 4.78 is 32.8. The smallest absolute Gasteiger partial charge is 0.259 e. The number of carbonyl (C=O) groups is 3. The van der Waals surface area contributed by atoms with E-state index in [-0.39, 0.29) is 43.1 Å². The summed E-state index contributed by atoms with van der Waals surface area (Å²) in [7, 11) is 0. The molecule has 7 heterocycles. The van der Waals surface area contributed by atoms with Crippen molar-refractivity contribution in [2.75, 3.05) is 62.4 Å². The molecule has 15 heteroatoms. The van der Waals surface area contributed by atoms with Crippen LogP contribution in [0, 0.1) is 11.7 Å². The number of pyridine rings is 1. The number of anilines is 2. The second-order valence-electron chi connectivity index (χ2n) is 15.5. The number of fused-ring (bicyclic) bond motifs is 4. The van der Waals surface area contributed by atoms with Crippen LogP contribution in [0.25, 0.3) is 20.5 Å². The molecule has 0 radical (unpaired) electrons. The number of benzene rings is 3. The van der Waals surface area contributed by atoms with Crippen molar-refractivity contribution in [2.24, 2.45) is 5.92 Å². The first kappa shape index (κ1) is 36.4. The molecule has 58 heavy (non-hydrogen) atoms. The molecule has 0 aliphatic carbocycles. The summed E-state index contributed by atoms with van der Waals surface area (Å²) in [5, 5.41) is 13.3. The van der Waals surface area contributed by atoms with E-state index in [2.05, 4.69) is 20.0 Å². The fourth-order valence-corrected chi connectivity index (χ4v) is 10.1. The van der Waals surface area contributed by atoms with Gasteiger partial charge in [-0.05, 0) is 84.8 Å². The fraction of sp³-hybridized carbons (Fsp3) is 0.349. The van der Waals surface area contributed by atoms with Crippen molar-refractivity contribution in [3.63, 3.8) is 0 Å². The molecular weight excluding hydrogens is 764 g/mol. The SMILES string of the molecule is O=C1CCC(N2Cc3cc(N4CCN(CC5CCN(c6ccc(Oc7c(-c8ccc(F)cc8)sc8cc(O)ccc78)cn6)CC5)CC4)c4c(c3C2=O)OCO4)C(=O)N1. The molecule has 1 unspecified atom stereocenters. The molecule has 0 spiro atoms. The van der Waals surface area contributed by atoms with Crippen LogP contribution in [0.1, 0.15) is 41.6 Å². The van der Waals surface area contributed by atoms with Gasteiger partial charge in [-0.25, -0.2) is 9.37 Å². The van der Waals surface area contributed by atoms with E-state index in [1.165, 1.54) is 23.5 Å². The van der Waals surface area contributed by atoms with Gasteiger partial charge in [0, 0.05) is 68.9 Å². The highest BCUT2D eigenvalue weighted by atomic mass is 32.1. The molecule has 0 saturated carbocycles. The Kier molecular flexibility index (Phi) is 9.28. The van der Waals surface area contributed by atoms with Gasteiger partial charge in [0.15, 0.2) is 17.2 Å². The van der Waals surface area contributed by atoms with Gasteiger partial charge in [0.05, 0.1) is 22.3 Å². The van der Waals surface area contributed by atoms with Crippen molar-refractivity contribution >= 4 is 50.6 Å². The number of ether oxygens (including phenoxy) is 3. The largest absolute Gasteiger partial charge is 0.508 e. The summed E-state index contributed by atoms with van der Waals surface area (Å²) in [4.78, 5) is 52.3. The Morgan fingerprint density at radius 3 is 2.45 bits per heavy atom. The molecule has 298 valence electrons. The van der Waals surface area contributed by atoms with E-state index in [4.69, 9.17) is 19.2 Å². The average Bonchev–Trinajstić information content (AvgIpc) is 3.94. The van der Waals surface area contributed by atoms with Crippen molar-refractivity contribution in [3.8, 4) is 39.2 Å². The number of aromatic hydroxyl groups is 1. The van der Waals surface area contributed by atoms with Gasteiger partial charge in [-0.3, -0.25) is 24.6 Å². The first-order chi connectivity index (χ1) is 28.3. The van der Waals surface area contributed by atoms with Crippen molar-refractivity contribution < 1.29 is 38.1 Å². The number of imide groups is 1. The number of carbonyl (C=O) groups excluding carboxylic acids is 3. The number of hydrogen-bond acceptors (Lipinski definition) is 12. The van der Waals surface area contributed by atoms with E-state index in [0.29, 0.717) is 40.9 Å². The number of piperidine rings is 2. The van der Waals surface area contributed by atoms with Crippen LogP contribution in [0.5, 0.6) is 28.7 Å². The molecule has 2 N–H and O–H groups in total. The van der Waals surface area contributed by atoms with E-state index in [0.717, 1.165) is 96.3 Å². The lowest BCUT2D eigenvalue weighted by molar-refractivity contribution is -0.136. The van der Waals surface area contributed by atoms with Crippen LogP contribution in [0.2, 0.25) is 0 Å². The summed E-state index contributed by atoms with van der Waals surface area (Å²) in [6.07, 6.45) is 4.39. The summed E-state index contributed by atoms with van der Waals surface area (Å²) in [5.41, 5.74) is 3.02. The highest BCUT2D eigenvalue weighted by molar-refractivity contribution is 7.22. The van der Waals surface area contributed by atoms with Crippen molar-refractivity contribution in [1.82, 2.24) is 20.1 Å². The van der Waals surface area contributed by atoms with Gasteiger partial charge in [-0.15, -0.1) is 11.3 Å². The van der Waals surface area contributed by atoms with Crippen LogP contribution in [0.4, 0.5) is 15.9 Å². The predicted molar refractivity (Wildman–Crippen MR) is 215 cm³/mol. The van der Waals surface area contributed by atoms with Crippen LogP contribution in [0.15, 0.2) is 66.9 Å². The zero-order valence-electron chi connectivity index (χ0n) is 31.6. The van der Waals surface area contributed by atoms with Gasteiger partial charge >= 0.3 is 0 Å². The minimum atomic E-state index is -0.688. The standard InChI is InChI=1S/C43H41FN6O7S/c44-28-3-1-26(2-4-28)41-38(31-7-5-29(51)20-34(31)58-41)57-30-6-9-35(45-21-30)49-13-11-25(12-14-49)22-47-15-17-48(18-16-47)33-19-27-23-50(32-8-10-36(52)46-42(32)53)43(54)37(27)40-39(33)55-24-56-40/h1-7,9,19-21,25,32,51H,8,10-18,22-24H2,(H,46,52,53). The van der Waals surface area contributed by atoms with Crippen LogP contribution in [-0.4, -0.2) is 96.3 Å². The molecule has 2 aromatic heterocycles. The predicted octanol–water partition coefficient (Wildman–Crippen LogP) is 6.13. The maximum Gasteiger partial charge on any atom is 0.259 e. The van der Waals surface area contributed by atoms with Crippen LogP contribution < -0.4 is 29.3 Å². The lowest BCUT2D eigenvalue weighted by atomic mass is 9.96. The zero-order chi connectivity index (χ0) is 39.5. The number of thiophene rings is 1. The summed E-state index contributed by atoms with van der Waals surface area (Å²) in [6, 6.07) is 16.8. The van der Waals surface area contributed by atoms with Crippen LogP contribution in [-0.2, 0) is 16.1 Å². The molecule has 3 amide bonds. The Hall–Kier alpha value is -5.93. The topological polar surface area (TPSA) is 137 Å². The Balaban J connectivity index is 0.744. The molecule has 0 bridgehead atoms. The normalized spacial score (nSPS) is 19.9. The van der Waals surface area contributed by atoms with Gasteiger partial charge in [-0.1, -0.05) is 12.1 Å². The van der Waals surface area contributed by atoms with Crippen LogP contribution in [0.3, 0.4) is 0 Å². The third kappa shape index (κ3) is 6.71. The molecule has 3 aromatic carbocycles. The van der Waals surface area contributed by atoms with Crippen LogP contribution >= 0.6 is 11.3 Å². The second kappa shape index (κ2) is 14.8. The lowest BCUT2D eigenvalue weighted by Crippen LogP contribution is -2.52. The number of phenolic OH excluding ortho intramolecular Hbond substituents is 1. The van der Waals surface area contributed by atoms with E-state index in [1.54, 1.807) is 35.4 Å². The van der Waals surface area contributed by atoms with E-state index >= 15 is 0 Å². The number of aromatic nitrogens is 1. The quantitative estimate of drug-likeness (QED) is 0.176. The lowest BCUT2D eigenvalue weighted by Gasteiger charge is -2.40. The molecule has 5 aliphatic rings. The highest BCUT2D eigenvalue weighted by Crippen LogP contribution is 2.50. The molecular formula is C43H41FN6O7S. The second-order valence-corrected chi connectivity index (χ2v) is 16.6. The summed E-state index contributed by atoms with van der Waals surface area (Å²) >= 11 is 1.49. The van der Waals surface area contributed by atoms with E-state index in [9.17, 15) is 23.9 Å². The maximum absolute atomic E-state index is 13.7. The number of halogens is 1. The molecule has 10 rings (SSSR count). The Bertz CT molecular complexity index is 2430. The number of phenols is 1. The number of piperazine rings is 1. The van der Waals surface area contributed by atoms with E-state index < -0.39 is 11.9 Å². The van der Waals surface area contributed by atoms with Gasteiger partial charge in [0.2, 0.25) is 18.6 Å². The first-order valence-corrected chi connectivity index (χ1v) is 20.5. The number of rotatable bonds is 8. The molecule has 3 saturated heterocycles. The Labute approximate surface area is 337 Å². The number of nitrogens with zero attached hydrogens (tertiary/aromatic N) is 5. The Morgan fingerprint density at radius 1 is 0.897 bits per heavy atom. The van der Waals surface area contributed by atoms with Gasteiger partial charge in [0.1, 0.15) is 29.2 Å². The molecule has 3 fully saturated rings. The van der Waals surface area contributed by atoms with Crippen molar-refractivity contribution in [1.29, 1.82) is 0 Å². The summed E-state index contributed by atoms with van der Waals surface area (Å²) in [6.45, 7) is 6.61. The first-order valence-electron chi connectivity index (χ1n) is 19.7. The molecule has 5 aromatic rings. The van der Waals surface area contributed by atoms with Crippen molar-refractivity contribution in [3.05, 3.63) is 83.8 Å². The van der Waals surface area contributed by atoms with Crippen molar-refractivity contribution in [2.45, 2.75) is 38.3 Å². The number of hydrogen-bond donors (Lipinski definition) is 2. The average molecular weight is 805 g/mol. The number of nitrogens with one attached hydrogen (secondary N) is 1. The molecule has 1 atom stereocenters. The van der Waals surface area contributed by atoms with Gasteiger partial charge < -0.3 is 34.0 Å². The van der Waals surface area contributed by atoms with Gasteiger partial charge in [-0.2, -0.15) is 0 Å². The summed E-state index contributed by atoms with van der Waals surface area (Å²) in [5.74, 6) is 2.63. The fourth-order valence-electron chi connectivity index (χ4n) is 8.90. The third-order valence-corrected chi connectivity index (χ3v) is 13.1. The number of amides is 3. The van der Waals surface area contributed by atoms with E-state index in [1.807, 2.05) is 24.3 Å². The molecule has 5 aliphatic heterocycles.